The monoisotopic (exact) mass is 543 g/mol. The Bertz CT molecular complexity index is 1300. The van der Waals surface area contributed by atoms with Crippen LogP contribution in [0.5, 0.6) is 5.75 Å². The van der Waals surface area contributed by atoms with Crippen LogP contribution >= 0.6 is 39.3 Å². The van der Waals surface area contributed by atoms with Crippen molar-refractivity contribution >= 4 is 67.8 Å². The van der Waals surface area contributed by atoms with Crippen molar-refractivity contribution in [2.24, 2.45) is 4.99 Å². The number of aliphatic imine (C=N–C) groups is 1. The van der Waals surface area contributed by atoms with Crippen molar-refractivity contribution in [1.82, 2.24) is 5.32 Å². The molecule has 0 aromatic heterocycles. The number of amides is 1. The average Bonchev–Trinajstić information content (AvgIpc) is 3.13. The zero-order chi connectivity index (χ0) is 23.4. The third-order valence-electron chi connectivity index (χ3n) is 4.50. The molecule has 1 fully saturated rings. The lowest BCUT2D eigenvalue weighted by Gasteiger charge is -2.10. The number of nitrogens with one attached hydrogen (secondary N) is 1. The molecule has 1 saturated heterocycles. The Labute approximate surface area is 206 Å². The van der Waals surface area contributed by atoms with E-state index in [0.29, 0.717) is 22.8 Å². The molecule has 1 aliphatic rings. The van der Waals surface area contributed by atoms with Gasteiger partial charge in [0.2, 0.25) is 0 Å². The van der Waals surface area contributed by atoms with E-state index in [4.69, 9.17) is 16.3 Å². The zero-order valence-corrected chi connectivity index (χ0v) is 20.0. The van der Waals surface area contributed by atoms with Gasteiger partial charge in [0.1, 0.15) is 18.0 Å². The normalized spacial score (nSPS) is 15.6. The molecule has 10 heteroatoms. The highest BCUT2D eigenvalue weighted by atomic mass is 79.9. The molecule has 166 valence electrons. The summed E-state index contributed by atoms with van der Waals surface area (Å²) in [4.78, 5) is 27.9. The maximum absolute atomic E-state index is 12.5. The number of carbonyl (C=O) groups is 1. The van der Waals surface area contributed by atoms with Gasteiger partial charge in [0.25, 0.3) is 11.6 Å². The van der Waals surface area contributed by atoms with Crippen LogP contribution in [0.4, 0.5) is 11.4 Å². The first-order chi connectivity index (χ1) is 15.9. The van der Waals surface area contributed by atoms with Crippen molar-refractivity contribution < 1.29 is 14.5 Å². The second kappa shape index (κ2) is 10.2. The van der Waals surface area contributed by atoms with Crippen LogP contribution < -0.4 is 10.1 Å². The summed E-state index contributed by atoms with van der Waals surface area (Å²) < 4.78 is 6.80. The predicted molar refractivity (Wildman–Crippen MR) is 134 cm³/mol. The molecule has 0 atom stereocenters. The van der Waals surface area contributed by atoms with E-state index in [0.717, 1.165) is 21.8 Å². The Morgan fingerprint density at radius 2 is 1.94 bits per heavy atom. The molecule has 1 amide bonds. The fourth-order valence-electron chi connectivity index (χ4n) is 2.97. The number of benzene rings is 3. The van der Waals surface area contributed by atoms with Gasteiger partial charge in [-0.05, 0) is 53.7 Å². The smallest absolute Gasteiger partial charge is 0.296 e. The minimum absolute atomic E-state index is 0.0998. The first-order valence-corrected chi connectivity index (χ1v) is 11.6. The Kier molecular flexibility index (Phi) is 7.12. The summed E-state index contributed by atoms with van der Waals surface area (Å²) in [5.74, 6) is 0.256. The van der Waals surface area contributed by atoms with E-state index in [2.05, 4.69) is 26.2 Å². The number of nitro benzene ring substituents is 1. The predicted octanol–water partition coefficient (Wildman–Crippen LogP) is 6.48. The number of hydrogen-bond acceptors (Lipinski definition) is 6. The number of thioether (sulfide) groups is 1. The van der Waals surface area contributed by atoms with Crippen molar-refractivity contribution in [1.29, 1.82) is 0 Å². The van der Waals surface area contributed by atoms with E-state index >= 15 is 0 Å². The van der Waals surface area contributed by atoms with E-state index in [1.165, 1.54) is 18.2 Å². The zero-order valence-electron chi connectivity index (χ0n) is 16.8. The molecule has 0 bridgehead atoms. The maximum Gasteiger partial charge on any atom is 0.296 e. The minimum Gasteiger partial charge on any atom is -0.488 e. The number of amidine groups is 1. The topological polar surface area (TPSA) is 93.8 Å². The Hall–Kier alpha value is -3.14. The number of nitro groups is 1. The van der Waals surface area contributed by atoms with Gasteiger partial charge in [0, 0.05) is 21.1 Å². The highest BCUT2D eigenvalue weighted by Crippen LogP contribution is 2.35. The molecule has 0 radical (unpaired) electrons. The molecule has 7 nitrogen and oxygen atoms in total. The van der Waals surface area contributed by atoms with Crippen LogP contribution in [0.3, 0.4) is 0 Å². The Balaban J connectivity index is 1.59. The lowest BCUT2D eigenvalue weighted by atomic mass is 10.2. The van der Waals surface area contributed by atoms with Gasteiger partial charge < -0.3 is 10.1 Å². The van der Waals surface area contributed by atoms with Crippen molar-refractivity contribution in [3.8, 4) is 5.75 Å². The summed E-state index contributed by atoms with van der Waals surface area (Å²) in [6.07, 6.45) is 1.70. The van der Waals surface area contributed by atoms with E-state index in [9.17, 15) is 14.9 Å². The quantitative estimate of drug-likeness (QED) is 0.218. The van der Waals surface area contributed by atoms with Gasteiger partial charge in [-0.15, -0.1) is 0 Å². The van der Waals surface area contributed by atoms with Crippen molar-refractivity contribution in [2.45, 2.75) is 6.61 Å². The summed E-state index contributed by atoms with van der Waals surface area (Å²) in [5, 5.41) is 14.4. The van der Waals surface area contributed by atoms with Crippen LogP contribution in [-0.4, -0.2) is 16.0 Å². The van der Waals surface area contributed by atoms with E-state index in [1.54, 1.807) is 6.08 Å². The lowest BCUT2D eigenvalue weighted by molar-refractivity contribution is -0.384. The van der Waals surface area contributed by atoms with Crippen molar-refractivity contribution in [2.75, 3.05) is 0 Å². The molecule has 0 saturated carbocycles. The minimum atomic E-state index is -0.568. The summed E-state index contributed by atoms with van der Waals surface area (Å²) in [6.45, 7) is 0.380. The van der Waals surface area contributed by atoms with Crippen molar-refractivity contribution in [3.05, 3.63) is 102 Å². The number of halogens is 2. The molecule has 0 spiro atoms. The number of rotatable bonds is 6. The van der Waals surface area contributed by atoms with Crippen LogP contribution in [-0.2, 0) is 11.4 Å². The van der Waals surface area contributed by atoms with Crippen LogP contribution in [0.25, 0.3) is 6.08 Å². The first kappa shape index (κ1) is 23.0. The lowest BCUT2D eigenvalue weighted by Crippen LogP contribution is -2.19. The summed E-state index contributed by atoms with van der Waals surface area (Å²) in [7, 11) is 0. The molecule has 33 heavy (non-hydrogen) atoms. The van der Waals surface area contributed by atoms with Gasteiger partial charge in [-0.1, -0.05) is 57.9 Å². The number of ether oxygens (including phenoxy) is 1. The van der Waals surface area contributed by atoms with Gasteiger partial charge in [0.15, 0.2) is 5.17 Å². The van der Waals surface area contributed by atoms with Crippen LogP contribution in [0, 0.1) is 10.1 Å². The molecule has 1 aliphatic heterocycles. The van der Waals surface area contributed by atoms with Crippen LogP contribution in [0.15, 0.2) is 81.1 Å². The highest BCUT2D eigenvalue weighted by molar-refractivity contribution is 9.10. The van der Waals surface area contributed by atoms with Crippen LogP contribution in [0.2, 0.25) is 5.02 Å². The van der Waals surface area contributed by atoms with Crippen LogP contribution in [0.1, 0.15) is 11.1 Å². The maximum atomic E-state index is 12.5. The first-order valence-electron chi connectivity index (χ1n) is 9.59. The average molecular weight is 545 g/mol. The standard InChI is InChI=1S/C23H15BrClN3O4S/c24-16-6-9-20(32-13-14-4-2-1-3-5-14)15(10-16)11-21-22(29)27-23(33-21)26-18-8-7-17(25)12-19(18)28(30)31/h1-12H,13H2,(H,26,27,29)/b21-11+. The second-order valence-electron chi connectivity index (χ2n) is 6.83. The molecule has 3 aromatic rings. The third kappa shape index (κ3) is 5.81. The van der Waals surface area contributed by atoms with Gasteiger partial charge >= 0.3 is 0 Å². The van der Waals surface area contributed by atoms with Gasteiger partial charge in [0.05, 0.1) is 9.83 Å². The molecular formula is C23H15BrClN3O4S. The molecule has 3 aromatic carbocycles. The van der Waals surface area contributed by atoms with Gasteiger partial charge in [-0.25, -0.2) is 4.99 Å². The molecule has 0 aliphatic carbocycles. The molecular weight excluding hydrogens is 530 g/mol. The highest BCUT2D eigenvalue weighted by Gasteiger charge is 2.26. The molecule has 1 N–H and O–H groups in total. The van der Waals surface area contributed by atoms with E-state index < -0.39 is 4.92 Å². The Morgan fingerprint density at radius 3 is 2.70 bits per heavy atom. The number of hydrogen-bond donors (Lipinski definition) is 1. The number of nitrogens with zero attached hydrogens (tertiary/aromatic N) is 2. The number of carbonyl (C=O) groups excluding carboxylic acids is 1. The largest absolute Gasteiger partial charge is 0.488 e. The molecule has 1 heterocycles. The Morgan fingerprint density at radius 1 is 1.15 bits per heavy atom. The molecule has 0 unspecified atom stereocenters. The fraction of sp³-hybridized carbons (Fsp3) is 0.0435. The summed E-state index contributed by atoms with van der Waals surface area (Å²) in [6, 6.07) is 19.4. The fourth-order valence-corrected chi connectivity index (χ4v) is 4.34. The second-order valence-corrected chi connectivity index (χ2v) is 9.21. The van der Waals surface area contributed by atoms with Gasteiger partial charge in [-0.2, -0.15) is 0 Å². The van der Waals surface area contributed by atoms with E-state index in [1.807, 2.05) is 48.5 Å². The SMILES string of the molecule is O=C1NC(=Nc2ccc(Cl)cc2[N+](=O)[O-])S/C1=C/c1cc(Br)ccc1OCc1ccccc1. The summed E-state index contributed by atoms with van der Waals surface area (Å²) in [5.41, 5.74) is 1.58. The van der Waals surface area contributed by atoms with Gasteiger partial charge in [-0.3, -0.25) is 14.9 Å². The van der Waals surface area contributed by atoms with Crippen molar-refractivity contribution in [3.63, 3.8) is 0 Å². The molecule has 4 rings (SSSR count). The summed E-state index contributed by atoms with van der Waals surface area (Å²) >= 11 is 10.4. The van der Waals surface area contributed by atoms with E-state index in [-0.39, 0.29) is 27.5 Å². The third-order valence-corrected chi connectivity index (χ3v) is 6.14.